The first kappa shape index (κ1) is 14.5. The van der Waals surface area contributed by atoms with Gasteiger partial charge in [0.15, 0.2) is 0 Å². The van der Waals surface area contributed by atoms with E-state index in [-0.39, 0.29) is 23.8 Å². The smallest absolute Gasteiger partial charge is 0.243 e. The molecule has 6 heteroatoms. The van der Waals surface area contributed by atoms with Crippen molar-refractivity contribution in [1.29, 1.82) is 5.26 Å². The van der Waals surface area contributed by atoms with Crippen LogP contribution in [0.3, 0.4) is 0 Å². The zero-order valence-electron chi connectivity index (χ0n) is 10.9. The zero-order valence-corrected chi connectivity index (χ0v) is 10.9. The number of halogens is 2. The second-order valence-electron chi connectivity index (χ2n) is 4.22. The molecule has 21 heavy (non-hydrogen) atoms. The van der Waals surface area contributed by atoms with Gasteiger partial charge < -0.3 is 10.6 Å². The molecule has 4 nitrogen and oxygen atoms in total. The molecule has 0 spiro atoms. The highest BCUT2D eigenvalue weighted by Gasteiger charge is 2.05. The molecule has 0 aliphatic heterocycles. The van der Waals surface area contributed by atoms with Crippen LogP contribution in [-0.4, -0.2) is 12.5 Å². The van der Waals surface area contributed by atoms with E-state index in [2.05, 4.69) is 10.6 Å². The van der Waals surface area contributed by atoms with Crippen LogP contribution in [0.4, 0.5) is 20.2 Å². The number of nitrogens with one attached hydrogen (secondary N) is 2. The van der Waals surface area contributed by atoms with Gasteiger partial charge in [-0.15, -0.1) is 0 Å². The summed E-state index contributed by atoms with van der Waals surface area (Å²) in [6, 6.07) is 11.0. The summed E-state index contributed by atoms with van der Waals surface area (Å²) in [5.41, 5.74) is 0.834. The molecular weight excluding hydrogens is 276 g/mol. The number of nitriles is 1. The highest BCUT2D eigenvalue weighted by atomic mass is 19.1. The summed E-state index contributed by atoms with van der Waals surface area (Å²) in [7, 11) is 0. The number of benzene rings is 2. The first-order chi connectivity index (χ1) is 10.1. The molecule has 0 aliphatic rings. The summed E-state index contributed by atoms with van der Waals surface area (Å²) in [5.74, 6) is -1.34. The highest BCUT2D eigenvalue weighted by molar-refractivity contribution is 5.93. The monoisotopic (exact) mass is 287 g/mol. The van der Waals surface area contributed by atoms with E-state index >= 15 is 0 Å². The van der Waals surface area contributed by atoms with Crippen molar-refractivity contribution in [2.45, 2.75) is 0 Å². The third-order valence-corrected chi connectivity index (χ3v) is 2.67. The van der Waals surface area contributed by atoms with Crippen molar-refractivity contribution in [3.8, 4) is 6.07 Å². The van der Waals surface area contributed by atoms with Gasteiger partial charge in [0.05, 0.1) is 12.1 Å². The van der Waals surface area contributed by atoms with E-state index in [1.54, 1.807) is 6.07 Å². The average molecular weight is 287 g/mol. The maximum atomic E-state index is 13.1. The Labute approximate surface area is 120 Å². The second kappa shape index (κ2) is 6.48. The van der Waals surface area contributed by atoms with Crippen LogP contribution in [0.2, 0.25) is 0 Å². The Hall–Kier alpha value is -2.94. The number of nitrogens with zero attached hydrogens (tertiary/aromatic N) is 1. The van der Waals surface area contributed by atoms with E-state index in [0.717, 1.165) is 6.07 Å². The molecule has 0 unspecified atom stereocenters. The Balaban J connectivity index is 1.92. The number of anilines is 2. The lowest BCUT2D eigenvalue weighted by Gasteiger charge is -2.08. The Morgan fingerprint density at radius 1 is 1.10 bits per heavy atom. The van der Waals surface area contributed by atoms with Crippen LogP contribution >= 0.6 is 0 Å². The Kier molecular flexibility index (Phi) is 4.46. The molecular formula is C15H11F2N3O. The molecule has 1 amide bonds. The zero-order chi connectivity index (χ0) is 15.2. The van der Waals surface area contributed by atoms with Gasteiger partial charge in [-0.05, 0) is 42.5 Å². The van der Waals surface area contributed by atoms with Gasteiger partial charge in [-0.1, -0.05) is 0 Å². The molecule has 2 N–H and O–H groups in total. The van der Waals surface area contributed by atoms with E-state index in [1.165, 1.54) is 36.4 Å². The summed E-state index contributed by atoms with van der Waals surface area (Å²) in [5, 5.41) is 14.1. The minimum absolute atomic E-state index is 0.0616. The van der Waals surface area contributed by atoms with E-state index in [4.69, 9.17) is 5.26 Å². The quantitative estimate of drug-likeness (QED) is 0.908. The number of carbonyl (C=O) groups is 1. The molecule has 2 aromatic rings. The summed E-state index contributed by atoms with van der Waals surface area (Å²) < 4.78 is 25.8. The SMILES string of the molecule is N#Cc1cc(NCC(=O)Nc2ccc(F)cc2)ccc1F. The molecule has 0 heterocycles. The van der Waals surface area contributed by atoms with Crippen molar-refractivity contribution in [1.82, 2.24) is 0 Å². The van der Waals surface area contributed by atoms with Crippen LogP contribution in [0.25, 0.3) is 0 Å². The predicted octanol–water partition coefficient (Wildman–Crippen LogP) is 2.89. The Morgan fingerprint density at radius 3 is 2.43 bits per heavy atom. The maximum absolute atomic E-state index is 13.1. The minimum atomic E-state index is -0.612. The molecule has 0 bridgehead atoms. The van der Waals surface area contributed by atoms with E-state index in [1.807, 2.05) is 0 Å². The summed E-state index contributed by atoms with van der Waals surface area (Å²) in [4.78, 5) is 11.7. The fourth-order valence-electron chi connectivity index (χ4n) is 1.64. The summed E-state index contributed by atoms with van der Waals surface area (Å²) in [6.45, 7) is -0.0616. The molecule has 2 rings (SSSR count). The summed E-state index contributed by atoms with van der Waals surface area (Å²) in [6.07, 6.45) is 0. The molecule has 0 saturated heterocycles. The van der Waals surface area contributed by atoms with Crippen molar-refractivity contribution < 1.29 is 13.6 Å². The number of rotatable bonds is 4. The third kappa shape index (κ3) is 4.01. The third-order valence-electron chi connectivity index (χ3n) is 2.67. The highest BCUT2D eigenvalue weighted by Crippen LogP contribution is 2.14. The lowest BCUT2D eigenvalue weighted by molar-refractivity contribution is -0.114. The molecule has 0 fully saturated rings. The second-order valence-corrected chi connectivity index (χ2v) is 4.22. The van der Waals surface area contributed by atoms with Gasteiger partial charge >= 0.3 is 0 Å². The fourth-order valence-corrected chi connectivity index (χ4v) is 1.64. The van der Waals surface area contributed by atoms with Crippen LogP contribution in [0.15, 0.2) is 42.5 Å². The van der Waals surface area contributed by atoms with Crippen LogP contribution in [0.5, 0.6) is 0 Å². The molecule has 106 valence electrons. The largest absolute Gasteiger partial charge is 0.376 e. The Morgan fingerprint density at radius 2 is 1.76 bits per heavy atom. The van der Waals surface area contributed by atoms with Gasteiger partial charge in [0.25, 0.3) is 0 Å². The summed E-state index contributed by atoms with van der Waals surface area (Å²) >= 11 is 0. The van der Waals surface area contributed by atoms with Crippen LogP contribution in [0, 0.1) is 23.0 Å². The topological polar surface area (TPSA) is 64.9 Å². The number of hydrogen-bond donors (Lipinski definition) is 2. The van der Waals surface area contributed by atoms with Gasteiger partial charge in [-0.25, -0.2) is 8.78 Å². The van der Waals surface area contributed by atoms with Crippen LogP contribution in [0.1, 0.15) is 5.56 Å². The first-order valence-corrected chi connectivity index (χ1v) is 6.07. The molecule has 0 atom stereocenters. The van der Waals surface area contributed by atoms with E-state index in [0.29, 0.717) is 11.4 Å². The first-order valence-electron chi connectivity index (χ1n) is 6.07. The van der Waals surface area contributed by atoms with E-state index < -0.39 is 5.82 Å². The normalized spacial score (nSPS) is 9.76. The standard InChI is InChI=1S/C15H11F2N3O/c16-11-1-3-12(4-2-11)20-15(21)9-19-13-5-6-14(17)10(7-13)8-18/h1-7,19H,9H2,(H,20,21). The molecule has 0 saturated carbocycles. The van der Waals surface area contributed by atoms with Gasteiger partial charge in [0.2, 0.25) is 5.91 Å². The van der Waals surface area contributed by atoms with Crippen LogP contribution in [-0.2, 0) is 4.79 Å². The van der Waals surface area contributed by atoms with Gasteiger partial charge in [-0.2, -0.15) is 5.26 Å². The van der Waals surface area contributed by atoms with Gasteiger partial charge in [0.1, 0.15) is 17.7 Å². The molecule has 0 aliphatic carbocycles. The Bertz CT molecular complexity index is 693. The predicted molar refractivity (Wildman–Crippen MR) is 74.6 cm³/mol. The lowest BCUT2D eigenvalue weighted by atomic mass is 10.2. The number of hydrogen-bond acceptors (Lipinski definition) is 3. The minimum Gasteiger partial charge on any atom is -0.376 e. The van der Waals surface area contributed by atoms with Gasteiger partial charge in [0, 0.05) is 11.4 Å². The van der Waals surface area contributed by atoms with Crippen LogP contribution < -0.4 is 10.6 Å². The van der Waals surface area contributed by atoms with E-state index in [9.17, 15) is 13.6 Å². The fraction of sp³-hybridized carbons (Fsp3) is 0.0667. The number of amides is 1. The van der Waals surface area contributed by atoms with Crippen molar-refractivity contribution in [2.75, 3.05) is 17.2 Å². The van der Waals surface area contributed by atoms with Gasteiger partial charge in [-0.3, -0.25) is 4.79 Å². The lowest BCUT2D eigenvalue weighted by Crippen LogP contribution is -2.21. The molecule has 0 aromatic heterocycles. The maximum Gasteiger partial charge on any atom is 0.243 e. The van der Waals surface area contributed by atoms with Crippen molar-refractivity contribution in [3.05, 3.63) is 59.7 Å². The molecule has 0 radical (unpaired) electrons. The molecule has 2 aromatic carbocycles. The number of carbonyl (C=O) groups excluding carboxylic acids is 1. The average Bonchev–Trinajstić information content (AvgIpc) is 2.49. The van der Waals surface area contributed by atoms with Crippen molar-refractivity contribution >= 4 is 17.3 Å². The van der Waals surface area contributed by atoms with Crippen molar-refractivity contribution in [3.63, 3.8) is 0 Å². The van der Waals surface area contributed by atoms with Crippen molar-refractivity contribution in [2.24, 2.45) is 0 Å².